The van der Waals surface area contributed by atoms with Crippen LogP contribution in [0.5, 0.6) is 23.0 Å². The average molecular weight is 565 g/mol. The number of ether oxygens (including phenoxy) is 4. The SMILES string of the molecule is COc1cc(C=NNC(=O)C(Oc2ccccc2)Oc2ccccc2)ccc1OC(=O)c1ccc(Cl)cc1Cl. The van der Waals surface area contributed by atoms with Gasteiger partial charge in [-0.15, -0.1) is 0 Å². The van der Waals surface area contributed by atoms with Crippen molar-refractivity contribution in [2.75, 3.05) is 7.11 Å². The van der Waals surface area contributed by atoms with E-state index >= 15 is 0 Å². The summed E-state index contributed by atoms with van der Waals surface area (Å²) in [5, 5.41) is 4.56. The molecule has 0 atom stereocenters. The Hall–Kier alpha value is -4.53. The third-order valence-corrected chi connectivity index (χ3v) is 5.66. The molecule has 4 aromatic carbocycles. The smallest absolute Gasteiger partial charge is 0.345 e. The molecule has 0 heterocycles. The van der Waals surface area contributed by atoms with Gasteiger partial charge in [-0.1, -0.05) is 59.6 Å². The number of hydrogen-bond acceptors (Lipinski definition) is 7. The van der Waals surface area contributed by atoms with Gasteiger partial charge in [0.15, 0.2) is 11.5 Å². The van der Waals surface area contributed by atoms with E-state index in [1.165, 1.54) is 37.6 Å². The Morgan fingerprint density at radius 1 is 0.821 bits per heavy atom. The predicted molar refractivity (Wildman–Crippen MR) is 148 cm³/mol. The van der Waals surface area contributed by atoms with Crippen LogP contribution in [0.2, 0.25) is 10.0 Å². The summed E-state index contributed by atoms with van der Waals surface area (Å²) in [6.07, 6.45) is 0.0902. The Morgan fingerprint density at radius 3 is 2.05 bits per heavy atom. The van der Waals surface area contributed by atoms with Gasteiger partial charge in [-0.25, -0.2) is 10.2 Å². The first-order chi connectivity index (χ1) is 18.9. The minimum atomic E-state index is -1.30. The maximum atomic E-state index is 12.8. The molecule has 0 unspecified atom stereocenters. The summed E-state index contributed by atoms with van der Waals surface area (Å²) in [7, 11) is 1.43. The van der Waals surface area contributed by atoms with Gasteiger partial charge < -0.3 is 18.9 Å². The molecule has 39 heavy (non-hydrogen) atoms. The van der Waals surface area contributed by atoms with E-state index in [0.717, 1.165) is 0 Å². The van der Waals surface area contributed by atoms with E-state index in [4.69, 9.17) is 42.1 Å². The molecule has 0 bridgehead atoms. The number of halogens is 2. The van der Waals surface area contributed by atoms with Gasteiger partial charge in [-0.05, 0) is 66.2 Å². The zero-order valence-corrected chi connectivity index (χ0v) is 22.1. The number of rotatable bonds is 10. The van der Waals surface area contributed by atoms with Crippen LogP contribution >= 0.6 is 23.2 Å². The summed E-state index contributed by atoms with van der Waals surface area (Å²) >= 11 is 12.0. The van der Waals surface area contributed by atoms with Crippen LogP contribution < -0.4 is 24.4 Å². The van der Waals surface area contributed by atoms with Gasteiger partial charge in [0.05, 0.1) is 23.9 Å². The van der Waals surface area contributed by atoms with Gasteiger partial charge in [-0.2, -0.15) is 5.10 Å². The topological polar surface area (TPSA) is 95.5 Å². The Labute approximate surface area is 234 Å². The first kappa shape index (κ1) is 27.5. The van der Waals surface area contributed by atoms with Gasteiger partial charge in [0, 0.05) is 5.02 Å². The largest absolute Gasteiger partial charge is 0.493 e. The number of nitrogens with zero attached hydrogens (tertiary/aromatic N) is 1. The molecule has 0 radical (unpaired) electrons. The number of carbonyl (C=O) groups is 2. The lowest BCUT2D eigenvalue weighted by Gasteiger charge is -2.18. The molecule has 0 aromatic heterocycles. The molecule has 4 aromatic rings. The number of para-hydroxylation sites is 2. The molecule has 0 fully saturated rings. The number of methoxy groups -OCH3 is 1. The third kappa shape index (κ3) is 7.73. The Morgan fingerprint density at radius 2 is 1.46 bits per heavy atom. The lowest BCUT2D eigenvalue weighted by Crippen LogP contribution is -2.40. The minimum absolute atomic E-state index is 0.154. The van der Waals surface area contributed by atoms with Gasteiger partial charge in [0.2, 0.25) is 0 Å². The lowest BCUT2D eigenvalue weighted by atomic mass is 10.2. The van der Waals surface area contributed by atoms with Gasteiger partial charge >= 0.3 is 18.2 Å². The molecule has 0 aliphatic heterocycles. The van der Waals surface area contributed by atoms with Crippen molar-refractivity contribution >= 4 is 41.3 Å². The number of benzene rings is 4. The molecule has 0 saturated heterocycles. The molecule has 4 rings (SSSR count). The second-order valence-corrected chi connectivity index (χ2v) is 8.70. The number of esters is 1. The zero-order chi connectivity index (χ0) is 27.6. The first-order valence-corrected chi connectivity index (χ1v) is 12.3. The van der Waals surface area contributed by atoms with Crippen molar-refractivity contribution in [2.45, 2.75) is 6.29 Å². The Balaban J connectivity index is 1.43. The van der Waals surface area contributed by atoms with Crippen molar-refractivity contribution in [2.24, 2.45) is 5.10 Å². The van der Waals surface area contributed by atoms with Crippen LogP contribution in [-0.2, 0) is 4.79 Å². The molecule has 10 heteroatoms. The van der Waals surface area contributed by atoms with Crippen molar-refractivity contribution < 1.29 is 28.5 Å². The molecule has 1 N–H and O–H groups in total. The number of hydrogen-bond donors (Lipinski definition) is 1. The number of amides is 1. The second kappa shape index (κ2) is 13.3. The van der Waals surface area contributed by atoms with Crippen molar-refractivity contribution in [1.82, 2.24) is 5.43 Å². The van der Waals surface area contributed by atoms with E-state index in [1.807, 2.05) is 12.1 Å². The summed E-state index contributed by atoms with van der Waals surface area (Å²) in [5.74, 6) is 0.0335. The van der Waals surface area contributed by atoms with Crippen molar-refractivity contribution in [3.63, 3.8) is 0 Å². The highest BCUT2D eigenvalue weighted by Crippen LogP contribution is 2.30. The van der Waals surface area contributed by atoms with Crippen LogP contribution in [0.1, 0.15) is 15.9 Å². The molecule has 0 aliphatic carbocycles. The summed E-state index contributed by atoms with van der Waals surface area (Å²) < 4.78 is 22.3. The summed E-state index contributed by atoms with van der Waals surface area (Å²) in [4.78, 5) is 25.4. The molecule has 0 spiro atoms. The molecular formula is C29H22Cl2N2O6. The van der Waals surface area contributed by atoms with Crippen LogP contribution in [0, 0.1) is 0 Å². The normalized spacial score (nSPS) is 10.8. The highest BCUT2D eigenvalue weighted by atomic mass is 35.5. The summed E-state index contributed by atoms with van der Waals surface area (Å²) in [5.41, 5.74) is 3.13. The molecular weight excluding hydrogens is 543 g/mol. The standard InChI is InChI=1S/C29H22Cl2N2O6/c1-36-26-16-19(12-15-25(26)39-28(35)23-14-13-20(30)17-24(23)31)18-32-33-27(34)29(37-21-8-4-2-5-9-21)38-22-10-6-3-7-11-22/h2-18,29H,1H3,(H,33,34). The minimum Gasteiger partial charge on any atom is -0.493 e. The van der Waals surface area contributed by atoms with Crippen LogP contribution in [-0.4, -0.2) is 31.5 Å². The first-order valence-electron chi connectivity index (χ1n) is 11.5. The van der Waals surface area contributed by atoms with Crippen LogP contribution in [0.15, 0.2) is 102 Å². The fourth-order valence-electron chi connectivity index (χ4n) is 3.26. The van der Waals surface area contributed by atoms with E-state index in [9.17, 15) is 9.59 Å². The van der Waals surface area contributed by atoms with Gasteiger partial charge in [-0.3, -0.25) is 4.79 Å². The van der Waals surface area contributed by atoms with Crippen LogP contribution in [0.25, 0.3) is 0 Å². The number of nitrogens with one attached hydrogen (secondary N) is 1. The Bertz CT molecular complexity index is 1420. The fourth-order valence-corrected chi connectivity index (χ4v) is 3.74. The highest BCUT2D eigenvalue weighted by Gasteiger charge is 2.22. The monoisotopic (exact) mass is 564 g/mol. The molecule has 8 nitrogen and oxygen atoms in total. The van der Waals surface area contributed by atoms with Crippen LogP contribution in [0.4, 0.5) is 0 Å². The van der Waals surface area contributed by atoms with Crippen molar-refractivity contribution in [3.05, 3.63) is 118 Å². The summed E-state index contributed by atoms with van der Waals surface area (Å²) in [6, 6.07) is 26.8. The zero-order valence-electron chi connectivity index (χ0n) is 20.5. The molecule has 0 aliphatic rings. The second-order valence-electron chi connectivity index (χ2n) is 7.85. The molecule has 1 amide bonds. The van der Waals surface area contributed by atoms with E-state index < -0.39 is 18.2 Å². The summed E-state index contributed by atoms with van der Waals surface area (Å²) in [6.45, 7) is 0. The van der Waals surface area contributed by atoms with E-state index in [0.29, 0.717) is 22.1 Å². The fraction of sp³-hybridized carbons (Fsp3) is 0.0690. The van der Waals surface area contributed by atoms with Crippen LogP contribution in [0.3, 0.4) is 0 Å². The maximum Gasteiger partial charge on any atom is 0.345 e. The number of hydrazone groups is 1. The quantitative estimate of drug-likeness (QED) is 0.0815. The average Bonchev–Trinajstić information content (AvgIpc) is 2.94. The van der Waals surface area contributed by atoms with E-state index in [2.05, 4.69) is 10.5 Å². The molecule has 198 valence electrons. The Kier molecular flexibility index (Phi) is 9.39. The van der Waals surface area contributed by atoms with E-state index in [1.54, 1.807) is 60.7 Å². The van der Waals surface area contributed by atoms with Crippen molar-refractivity contribution in [3.8, 4) is 23.0 Å². The lowest BCUT2D eigenvalue weighted by molar-refractivity contribution is -0.140. The van der Waals surface area contributed by atoms with Gasteiger partial charge in [0.1, 0.15) is 11.5 Å². The van der Waals surface area contributed by atoms with Crippen molar-refractivity contribution in [1.29, 1.82) is 0 Å². The highest BCUT2D eigenvalue weighted by molar-refractivity contribution is 6.36. The number of carbonyl (C=O) groups excluding carboxylic acids is 2. The molecule has 0 saturated carbocycles. The van der Waals surface area contributed by atoms with E-state index in [-0.39, 0.29) is 22.1 Å². The predicted octanol–water partition coefficient (Wildman–Crippen LogP) is 6.16. The third-order valence-electron chi connectivity index (χ3n) is 5.12. The maximum absolute atomic E-state index is 12.8. The van der Waals surface area contributed by atoms with Gasteiger partial charge in [0.25, 0.3) is 0 Å².